The average molecular weight is 268 g/mol. The Kier molecular flexibility index (Phi) is 4.72. The van der Waals surface area contributed by atoms with E-state index >= 15 is 0 Å². The zero-order valence-corrected chi connectivity index (χ0v) is 12.5. The lowest BCUT2D eigenvalue weighted by atomic mass is 10.1. The summed E-state index contributed by atoms with van der Waals surface area (Å²) in [6, 6.07) is 0.597. The number of hydrogen-bond donors (Lipinski definition) is 1. The Hall–Kier alpha value is -0.490. The van der Waals surface area contributed by atoms with Gasteiger partial charge in [-0.2, -0.15) is 0 Å². The highest BCUT2D eigenvalue weighted by molar-refractivity contribution is 7.11. The van der Waals surface area contributed by atoms with Gasteiger partial charge in [0.05, 0.1) is 10.7 Å². The van der Waals surface area contributed by atoms with Crippen LogP contribution in [0.5, 0.6) is 0 Å². The molecule has 0 bridgehead atoms. The quantitative estimate of drug-likeness (QED) is 0.875. The highest BCUT2D eigenvalue weighted by Gasteiger charge is 2.23. The molecule has 1 unspecified atom stereocenters. The number of aromatic nitrogens is 1. The van der Waals surface area contributed by atoms with Crippen molar-refractivity contribution < 1.29 is 0 Å². The van der Waals surface area contributed by atoms with Crippen molar-refractivity contribution in [1.82, 2.24) is 14.8 Å². The van der Waals surface area contributed by atoms with Crippen LogP contribution in [-0.2, 0) is 12.8 Å². The molecule has 0 aromatic carbocycles. The van der Waals surface area contributed by atoms with Crippen LogP contribution in [0.25, 0.3) is 0 Å². The van der Waals surface area contributed by atoms with Gasteiger partial charge in [-0.3, -0.25) is 0 Å². The molecule has 0 saturated carbocycles. The van der Waals surface area contributed by atoms with E-state index in [1.807, 2.05) is 11.3 Å². The normalized spacial score (nSPS) is 22.6. The third-order valence-electron chi connectivity index (χ3n) is 3.70. The summed E-state index contributed by atoms with van der Waals surface area (Å²) in [5.74, 6) is 0. The average Bonchev–Trinajstić information content (AvgIpc) is 2.65. The second-order valence-corrected chi connectivity index (χ2v) is 6.42. The van der Waals surface area contributed by atoms with E-state index in [1.54, 1.807) is 0 Å². The number of nitrogens with zero attached hydrogens (tertiary/aromatic N) is 3. The first-order valence-electron chi connectivity index (χ1n) is 6.64. The SMILES string of the molecule is Cc1nc(CC2CN(C)CCN2C)sc1CCN. The fraction of sp³-hybridized carbons (Fsp3) is 0.769. The van der Waals surface area contributed by atoms with E-state index in [0.29, 0.717) is 12.6 Å². The summed E-state index contributed by atoms with van der Waals surface area (Å²) < 4.78 is 0. The van der Waals surface area contributed by atoms with Crippen molar-refractivity contribution in [3.63, 3.8) is 0 Å². The molecule has 1 aliphatic heterocycles. The second-order valence-electron chi connectivity index (χ2n) is 5.26. The van der Waals surface area contributed by atoms with Crippen LogP contribution in [0.2, 0.25) is 0 Å². The molecule has 1 aromatic rings. The van der Waals surface area contributed by atoms with Gasteiger partial charge in [0.25, 0.3) is 0 Å². The summed E-state index contributed by atoms with van der Waals surface area (Å²) in [5.41, 5.74) is 6.80. The lowest BCUT2D eigenvalue weighted by molar-refractivity contribution is 0.114. The second kappa shape index (κ2) is 6.10. The highest BCUT2D eigenvalue weighted by Crippen LogP contribution is 2.21. The van der Waals surface area contributed by atoms with E-state index in [9.17, 15) is 0 Å². The maximum Gasteiger partial charge on any atom is 0.0947 e. The van der Waals surface area contributed by atoms with Gasteiger partial charge >= 0.3 is 0 Å². The van der Waals surface area contributed by atoms with Crippen molar-refractivity contribution in [1.29, 1.82) is 0 Å². The van der Waals surface area contributed by atoms with Crippen LogP contribution in [-0.4, -0.2) is 61.1 Å². The van der Waals surface area contributed by atoms with E-state index in [2.05, 4.69) is 30.8 Å². The number of aryl methyl sites for hydroxylation is 1. The fourth-order valence-electron chi connectivity index (χ4n) is 2.46. The molecular formula is C13H24N4S. The Balaban J connectivity index is 2.01. The third-order valence-corrected chi connectivity index (χ3v) is 4.94. The summed E-state index contributed by atoms with van der Waals surface area (Å²) in [7, 11) is 4.42. The van der Waals surface area contributed by atoms with Gasteiger partial charge in [-0.15, -0.1) is 11.3 Å². The Labute approximate surface area is 114 Å². The summed E-state index contributed by atoms with van der Waals surface area (Å²) in [6.07, 6.45) is 2.03. The summed E-state index contributed by atoms with van der Waals surface area (Å²) >= 11 is 1.84. The summed E-state index contributed by atoms with van der Waals surface area (Å²) in [5, 5.41) is 1.27. The van der Waals surface area contributed by atoms with Crippen molar-refractivity contribution in [3.8, 4) is 0 Å². The summed E-state index contributed by atoms with van der Waals surface area (Å²) in [4.78, 5) is 10.9. The Bertz CT molecular complexity index is 390. The maximum atomic E-state index is 5.63. The number of nitrogens with two attached hydrogens (primary N) is 1. The zero-order valence-electron chi connectivity index (χ0n) is 11.6. The largest absolute Gasteiger partial charge is 0.330 e. The molecule has 1 atom stereocenters. The molecule has 4 nitrogen and oxygen atoms in total. The molecule has 1 fully saturated rings. The molecule has 2 rings (SSSR count). The van der Waals surface area contributed by atoms with Gasteiger partial charge in [0, 0.05) is 37.0 Å². The van der Waals surface area contributed by atoms with E-state index < -0.39 is 0 Å². The minimum absolute atomic E-state index is 0.597. The molecule has 0 spiro atoms. The molecule has 1 aliphatic rings. The Morgan fingerprint density at radius 1 is 1.39 bits per heavy atom. The zero-order chi connectivity index (χ0) is 13.1. The van der Waals surface area contributed by atoms with Gasteiger partial charge in [-0.25, -0.2) is 4.98 Å². The standard InChI is InChI=1S/C13H24N4S/c1-10-12(4-5-14)18-13(15-10)8-11-9-16(2)6-7-17(11)3/h11H,4-9,14H2,1-3H3. The molecule has 2 N–H and O–H groups in total. The topological polar surface area (TPSA) is 45.4 Å². The van der Waals surface area contributed by atoms with Crippen molar-refractivity contribution >= 4 is 11.3 Å². The lowest BCUT2D eigenvalue weighted by Crippen LogP contribution is -2.50. The predicted molar refractivity (Wildman–Crippen MR) is 77.2 cm³/mol. The van der Waals surface area contributed by atoms with E-state index in [0.717, 1.165) is 25.9 Å². The molecule has 0 aliphatic carbocycles. The van der Waals surface area contributed by atoms with Crippen LogP contribution in [0.4, 0.5) is 0 Å². The van der Waals surface area contributed by atoms with Crippen molar-refractivity contribution in [2.75, 3.05) is 40.3 Å². The number of thiazole rings is 1. The van der Waals surface area contributed by atoms with Gasteiger partial charge in [0.1, 0.15) is 0 Å². The maximum absolute atomic E-state index is 5.63. The first-order chi connectivity index (χ1) is 8.60. The van der Waals surface area contributed by atoms with Crippen LogP contribution in [0.1, 0.15) is 15.6 Å². The molecule has 18 heavy (non-hydrogen) atoms. The van der Waals surface area contributed by atoms with Crippen molar-refractivity contribution in [3.05, 3.63) is 15.6 Å². The number of likely N-dealkylation sites (N-methyl/N-ethyl adjacent to an activating group) is 2. The minimum atomic E-state index is 0.597. The van der Waals surface area contributed by atoms with Crippen LogP contribution in [0.15, 0.2) is 0 Å². The van der Waals surface area contributed by atoms with E-state index in [1.165, 1.54) is 22.1 Å². The highest BCUT2D eigenvalue weighted by atomic mass is 32.1. The molecule has 1 aromatic heterocycles. The van der Waals surface area contributed by atoms with Crippen molar-refractivity contribution in [2.45, 2.75) is 25.8 Å². The first-order valence-corrected chi connectivity index (χ1v) is 7.46. The monoisotopic (exact) mass is 268 g/mol. The molecule has 102 valence electrons. The van der Waals surface area contributed by atoms with Crippen LogP contribution in [0.3, 0.4) is 0 Å². The fourth-order valence-corrected chi connectivity index (χ4v) is 3.62. The van der Waals surface area contributed by atoms with Crippen LogP contribution in [0, 0.1) is 6.92 Å². The molecule has 1 saturated heterocycles. The van der Waals surface area contributed by atoms with E-state index in [-0.39, 0.29) is 0 Å². The van der Waals surface area contributed by atoms with Gasteiger partial charge in [0.2, 0.25) is 0 Å². The van der Waals surface area contributed by atoms with Gasteiger partial charge in [-0.1, -0.05) is 0 Å². The molecule has 0 amide bonds. The molecule has 0 radical (unpaired) electrons. The number of piperazine rings is 1. The number of hydrogen-bond acceptors (Lipinski definition) is 5. The van der Waals surface area contributed by atoms with Gasteiger partial charge < -0.3 is 15.5 Å². The van der Waals surface area contributed by atoms with Crippen LogP contribution >= 0.6 is 11.3 Å². The van der Waals surface area contributed by atoms with Gasteiger partial charge in [0.15, 0.2) is 0 Å². The predicted octanol–water partition coefficient (Wildman–Crippen LogP) is 0.741. The third kappa shape index (κ3) is 3.29. The lowest BCUT2D eigenvalue weighted by Gasteiger charge is -2.37. The van der Waals surface area contributed by atoms with Crippen LogP contribution < -0.4 is 5.73 Å². The van der Waals surface area contributed by atoms with Crippen molar-refractivity contribution in [2.24, 2.45) is 5.73 Å². The first kappa shape index (κ1) is 13.9. The van der Waals surface area contributed by atoms with E-state index in [4.69, 9.17) is 10.7 Å². The molecule has 2 heterocycles. The Morgan fingerprint density at radius 3 is 2.89 bits per heavy atom. The molecular weight excluding hydrogens is 244 g/mol. The Morgan fingerprint density at radius 2 is 2.17 bits per heavy atom. The smallest absolute Gasteiger partial charge is 0.0947 e. The molecule has 5 heteroatoms. The number of rotatable bonds is 4. The minimum Gasteiger partial charge on any atom is -0.330 e. The van der Waals surface area contributed by atoms with Gasteiger partial charge in [-0.05, 0) is 34.0 Å². The summed E-state index contributed by atoms with van der Waals surface area (Å²) in [6.45, 7) is 6.28.